The van der Waals surface area contributed by atoms with E-state index in [-0.39, 0.29) is 12.1 Å². The topological polar surface area (TPSA) is 44.3 Å². The Morgan fingerprint density at radius 3 is 2.79 bits per heavy atom. The third kappa shape index (κ3) is 1.38. The third-order valence-corrected chi connectivity index (χ3v) is 2.89. The van der Waals surface area contributed by atoms with Crippen LogP contribution in [0.5, 0.6) is 0 Å². The molecule has 76 valence electrons. The fourth-order valence-corrected chi connectivity index (χ4v) is 2.12. The van der Waals surface area contributed by atoms with Gasteiger partial charge in [-0.05, 0) is 30.3 Å². The van der Waals surface area contributed by atoms with Gasteiger partial charge in [0.25, 0.3) is 0 Å². The molecular weight excluding hydrogens is 176 g/mol. The van der Waals surface area contributed by atoms with E-state index in [9.17, 15) is 5.11 Å². The van der Waals surface area contributed by atoms with E-state index < -0.39 is 0 Å². The van der Waals surface area contributed by atoms with Crippen LogP contribution in [0.3, 0.4) is 0 Å². The molecule has 1 aromatic carbocycles. The summed E-state index contributed by atoms with van der Waals surface area (Å²) in [5.74, 6) is 0. The van der Waals surface area contributed by atoms with Crippen LogP contribution in [0.1, 0.15) is 17.2 Å². The molecule has 14 heavy (non-hydrogen) atoms. The normalized spacial score (nSPS) is 24.8. The van der Waals surface area contributed by atoms with Crippen LogP contribution in [0.2, 0.25) is 0 Å². The number of aliphatic hydroxyl groups excluding tert-OH is 1. The fraction of sp³-hybridized carbons (Fsp3) is 0.455. The van der Waals surface area contributed by atoms with Crippen molar-refractivity contribution in [3.63, 3.8) is 0 Å². The van der Waals surface area contributed by atoms with Gasteiger partial charge in [-0.2, -0.15) is 0 Å². The second-order valence-electron chi connectivity index (χ2n) is 3.70. The van der Waals surface area contributed by atoms with E-state index in [0.717, 1.165) is 12.1 Å². The maximum Gasteiger partial charge on any atom is 0.0775 e. The molecule has 0 saturated carbocycles. The van der Waals surface area contributed by atoms with Crippen LogP contribution in [0, 0.1) is 0 Å². The largest absolute Gasteiger partial charge is 0.391 e. The molecular formula is C11H16N2O. The Bertz CT molecular complexity index is 338. The maximum atomic E-state index is 9.79. The van der Waals surface area contributed by atoms with Crippen LogP contribution < -0.4 is 10.6 Å². The quantitative estimate of drug-likeness (QED) is 0.652. The Balaban J connectivity index is 2.39. The van der Waals surface area contributed by atoms with Gasteiger partial charge in [0, 0.05) is 19.2 Å². The number of likely N-dealkylation sites (N-methyl/N-ethyl adjacent to an activating group) is 1. The Labute approximate surface area is 84.1 Å². The number of hydrogen-bond donors (Lipinski definition) is 3. The number of nitrogens with one attached hydrogen (secondary N) is 2. The molecule has 0 bridgehead atoms. The molecule has 0 saturated heterocycles. The van der Waals surface area contributed by atoms with Gasteiger partial charge < -0.3 is 15.7 Å². The van der Waals surface area contributed by atoms with Crippen molar-refractivity contribution >= 4 is 5.69 Å². The molecule has 1 aromatic rings. The number of aliphatic hydroxyl groups is 1. The minimum Gasteiger partial charge on any atom is -0.391 e. The van der Waals surface area contributed by atoms with E-state index in [4.69, 9.17) is 0 Å². The SMILES string of the molecule is CNc1ccc2c(c1)C(NC)C(O)C2. The summed E-state index contributed by atoms with van der Waals surface area (Å²) < 4.78 is 0. The van der Waals surface area contributed by atoms with Crippen LogP contribution in [-0.4, -0.2) is 25.3 Å². The Kier molecular flexibility index (Phi) is 2.44. The summed E-state index contributed by atoms with van der Waals surface area (Å²) >= 11 is 0. The van der Waals surface area contributed by atoms with E-state index in [1.165, 1.54) is 11.1 Å². The van der Waals surface area contributed by atoms with Gasteiger partial charge >= 0.3 is 0 Å². The predicted molar refractivity (Wildman–Crippen MR) is 57.5 cm³/mol. The highest BCUT2D eigenvalue weighted by molar-refractivity contribution is 5.51. The molecule has 2 unspecified atom stereocenters. The lowest BCUT2D eigenvalue weighted by Crippen LogP contribution is -2.25. The monoisotopic (exact) mass is 192 g/mol. The van der Waals surface area contributed by atoms with Crippen LogP contribution >= 0.6 is 0 Å². The maximum absolute atomic E-state index is 9.79. The predicted octanol–water partition coefficient (Wildman–Crippen LogP) is 0.906. The van der Waals surface area contributed by atoms with Crippen LogP contribution in [-0.2, 0) is 6.42 Å². The highest BCUT2D eigenvalue weighted by atomic mass is 16.3. The number of anilines is 1. The number of rotatable bonds is 2. The summed E-state index contributed by atoms with van der Waals surface area (Å²) in [6.45, 7) is 0. The van der Waals surface area contributed by atoms with Crippen molar-refractivity contribution in [2.24, 2.45) is 0 Å². The summed E-state index contributed by atoms with van der Waals surface area (Å²) in [5, 5.41) is 16.0. The van der Waals surface area contributed by atoms with Crippen molar-refractivity contribution in [2.45, 2.75) is 18.6 Å². The minimum absolute atomic E-state index is 0.0818. The first-order valence-electron chi connectivity index (χ1n) is 4.92. The summed E-state index contributed by atoms with van der Waals surface area (Å²) in [6, 6.07) is 6.32. The van der Waals surface area contributed by atoms with Gasteiger partial charge in [0.2, 0.25) is 0 Å². The van der Waals surface area contributed by atoms with E-state index in [1.54, 1.807) is 0 Å². The van der Waals surface area contributed by atoms with Crippen LogP contribution in [0.4, 0.5) is 5.69 Å². The second-order valence-corrected chi connectivity index (χ2v) is 3.70. The molecule has 1 aliphatic rings. The van der Waals surface area contributed by atoms with Crippen molar-refractivity contribution < 1.29 is 5.11 Å². The molecule has 0 radical (unpaired) electrons. The van der Waals surface area contributed by atoms with E-state index >= 15 is 0 Å². The first-order chi connectivity index (χ1) is 6.76. The van der Waals surface area contributed by atoms with Gasteiger partial charge in [-0.15, -0.1) is 0 Å². The van der Waals surface area contributed by atoms with Gasteiger partial charge in [0.15, 0.2) is 0 Å². The molecule has 1 aliphatic carbocycles. The molecule has 0 aromatic heterocycles. The summed E-state index contributed by atoms with van der Waals surface area (Å²) in [5.41, 5.74) is 3.56. The lowest BCUT2D eigenvalue weighted by Gasteiger charge is -2.14. The van der Waals surface area contributed by atoms with Crippen molar-refractivity contribution in [1.29, 1.82) is 0 Å². The molecule has 3 N–H and O–H groups in total. The standard InChI is InChI=1S/C11H16N2O/c1-12-8-4-3-7-5-10(14)11(13-2)9(7)6-8/h3-4,6,10-14H,5H2,1-2H3. The molecule has 0 spiro atoms. The highest BCUT2D eigenvalue weighted by Crippen LogP contribution is 2.32. The Morgan fingerprint density at radius 1 is 1.36 bits per heavy atom. The van der Waals surface area contributed by atoms with Crippen LogP contribution in [0.25, 0.3) is 0 Å². The van der Waals surface area contributed by atoms with Crippen molar-refractivity contribution in [2.75, 3.05) is 19.4 Å². The average Bonchev–Trinajstić information content (AvgIpc) is 2.52. The van der Waals surface area contributed by atoms with E-state index in [0.29, 0.717) is 0 Å². The molecule has 2 atom stereocenters. The van der Waals surface area contributed by atoms with Gasteiger partial charge in [-0.25, -0.2) is 0 Å². The molecule has 0 fully saturated rings. The lowest BCUT2D eigenvalue weighted by molar-refractivity contribution is 0.145. The highest BCUT2D eigenvalue weighted by Gasteiger charge is 2.29. The Hall–Kier alpha value is -1.06. The molecule has 0 aliphatic heterocycles. The summed E-state index contributed by atoms with van der Waals surface area (Å²) in [7, 11) is 3.79. The van der Waals surface area contributed by atoms with Gasteiger partial charge in [0.1, 0.15) is 0 Å². The zero-order chi connectivity index (χ0) is 10.1. The molecule has 3 heteroatoms. The zero-order valence-corrected chi connectivity index (χ0v) is 8.54. The van der Waals surface area contributed by atoms with Crippen molar-refractivity contribution in [3.8, 4) is 0 Å². The smallest absolute Gasteiger partial charge is 0.0775 e. The number of benzene rings is 1. The zero-order valence-electron chi connectivity index (χ0n) is 8.54. The van der Waals surface area contributed by atoms with E-state index in [2.05, 4.69) is 22.8 Å². The third-order valence-electron chi connectivity index (χ3n) is 2.89. The second kappa shape index (κ2) is 3.59. The molecule has 0 amide bonds. The van der Waals surface area contributed by atoms with Crippen molar-refractivity contribution in [3.05, 3.63) is 29.3 Å². The fourth-order valence-electron chi connectivity index (χ4n) is 2.12. The number of fused-ring (bicyclic) bond motifs is 1. The first kappa shape index (κ1) is 9.49. The lowest BCUT2D eigenvalue weighted by atomic mass is 10.1. The van der Waals surface area contributed by atoms with E-state index in [1.807, 2.05) is 20.2 Å². The van der Waals surface area contributed by atoms with Crippen molar-refractivity contribution in [1.82, 2.24) is 5.32 Å². The van der Waals surface area contributed by atoms with Gasteiger partial charge in [0.05, 0.1) is 12.1 Å². The summed E-state index contributed by atoms with van der Waals surface area (Å²) in [6.07, 6.45) is 0.465. The molecule has 3 nitrogen and oxygen atoms in total. The van der Waals surface area contributed by atoms with Gasteiger partial charge in [-0.3, -0.25) is 0 Å². The number of hydrogen-bond acceptors (Lipinski definition) is 3. The van der Waals surface area contributed by atoms with Crippen LogP contribution in [0.15, 0.2) is 18.2 Å². The average molecular weight is 192 g/mol. The first-order valence-corrected chi connectivity index (χ1v) is 4.92. The minimum atomic E-state index is -0.290. The molecule has 2 rings (SSSR count). The molecule has 0 heterocycles. The summed E-state index contributed by atoms with van der Waals surface area (Å²) in [4.78, 5) is 0. The van der Waals surface area contributed by atoms with Gasteiger partial charge in [-0.1, -0.05) is 6.07 Å². The Morgan fingerprint density at radius 2 is 2.14 bits per heavy atom.